The average molecular weight is 279 g/mol. The van der Waals surface area contributed by atoms with Gasteiger partial charge >= 0.3 is 0 Å². The fraction of sp³-hybridized carbons (Fsp3) is 0.417. The summed E-state index contributed by atoms with van der Waals surface area (Å²) < 4.78 is 9.26. The molecule has 2 aromatic heterocycles. The quantitative estimate of drug-likeness (QED) is 0.634. The summed E-state index contributed by atoms with van der Waals surface area (Å²) >= 11 is 1.33. The van der Waals surface area contributed by atoms with E-state index in [1.54, 1.807) is 13.3 Å². The molecule has 0 bridgehead atoms. The van der Waals surface area contributed by atoms with E-state index >= 15 is 0 Å². The molecule has 0 aliphatic heterocycles. The van der Waals surface area contributed by atoms with E-state index in [-0.39, 0.29) is 6.04 Å². The molecule has 0 radical (unpaired) electrons. The van der Waals surface area contributed by atoms with Crippen molar-refractivity contribution in [2.24, 2.45) is 5.84 Å². The lowest BCUT2D eigenvalue weighted by Gasteiger charge is -2.16. The summed E-state index contributed by atoms with van der Waals surface area (Å²) in [4.78, 5) is 5.46. The van der Waals surface area contributed by atoms with Crippen molar-refractivity contribution in [3.8, 4) is 5.75 Å². The number of aryl methyl sites for hydroxylation is 1. The molecule has 0 saturated carbocycles. The average Bonchev–Trinajstić information content (AvgIpc) is 2.92. The molecule has 2 aromatic rings. The second kappa shape index (κ2) is 6.05. The van der Waals surface area contributed by atoms with E-state index < -0.39 is 0 Å². The second-order valence-corrected chi connectivity index (χ2v) is 5.11. The summed E-state index contributed by atoms with van der Waals surface area (Å²) in [6.45, 7) is 3.99. The number of hydrogen-bond acceptors (Lipinski definition) is 7. The fourth-order valence-corrected chi connectivity index (χ4v) is 2.60. The van der Waals surface area contributed by atoms with Crippen LogP contribution < -0.4 is 16.0 Å². The number of rotatable bonds is 5. The number of pyridine rings is 1. The van der Waals surface area contributed by atoms with Crippen LogP contribution in [0.3, 0.4) is 0 Å². The van der Waals surface area contributed by atoms with E-state index in [0.717, 1.165) is 27.4 Å². The van der Waals surface area contributed by atoms with Crippen LogP contribution in [0.2, 0.25) is 0 Å². The molecule has 2 heterocycles. The number of aromatic nitrogens is 3. The van der Waals surface area contributed by atoms with Crippen LogP contribution in [0.25, 0.3) is 0 Å². The van der Waals surface area contributed by atoms with Gasteiger partial charge in [-0.2, -0.15) is 0 Å². The molecule has 19 heavy (non-hydrogen) atoms. The predicted molar refractivity (Wildman–Crippen MR) is 73.9 cm³/mol. The molecule has 1 unspecified atom stereocenters. The molecule has 0 aromatic carbocycles. The second-order valence-electron chi connectivity index (χ2n) is 4.29. The third-order valence-electron chi connectivity index (χ3n) is 3.07. The van der Waals surface area contributed by atoms with Gasteiger partial charge in [-0.25, -0.2) is 0 Å². The van der Waals surface area contributed by atoms with Gasteiger partial charge in [0.2, 0.25) is 0 Å². The van der Waals surface area contributed by atoms with Gasteiger partial charge in [0.25, 0.3) is 0 Å². The number of nitrogens with zero attached hydrogens (tertiary/aromatic N) is 3. The van der Waals surface area contributed by atoms with Crippen LogP contribution >= 0.6 is 11.5 Å². The van der Waals surface area contributed by atoms with Crippen molar-refractivity contribution in [3.63, 3.8) is 0 Å². The Balaban J connectivity index is 2.28. The van der Waals surface area contributed by atoms with Crippen molar-refractivity contribution in [2.45, 2.75) is 26.3 Å². The molecular formula is C12H17N5OS. The van der Waals surface area contributed by atoms with Gasteiger partial charge in [0.05, 0.1) is 24.2 Å². The Morgan fingerprint density at radius 3 is 2.79 bits per heavy atom. The monoisotopic (exact) mass is 279 g/mol. The first-order chi connectivity index (χ1) is 9.17. The first-order valence-electron chi connectivity index (χ1n) is 5.89. The highest BCUT2D eigenvalue weighted by atomic mass is 32.1. The minimum atomic E-state index is -0.0430. The minimum Gasteiger partial charge on any atom is -0.496 e. The van der Waals surface area contributed by atoms with Crippen LogP contribution in [0.15, 0.2) is 12.4 Å². The van der Waals surface area contributed by atoms with Crippen LogP contribution in [0.4, 0.5) is 0 Å². The number of hydrogen-bond donors (Lipinski definition) is 2. The lowest BCUT2D eigenvalue weighted by Crippen LogP contribution is -2.29. The number of nitrogens with two attached hydrogens (primary N) is 1. The van der Waals surface area contributed by atoms with Gasteiger partial charge < -0.3 is 4.74 Å². The molecule has 1 atom stereocenters. The highest BCUT2D eigenvalue weighted by Gasteiger charge is 2.17. The van der Waals surface area contributed by atoms with Gasteiger partial charge in [-0.05, 0) is 25.4 Å². The lowest BCUT2D eigenvalue weighted by atomic mass is 10.0. The van der Waals surface area contributed by atoms with Crippen molar-refractivity contribution in [3.05, 3.63) is 34.1 Å². The Morgan fingerprint density at radius 2 is 2.21 bits per heavy atom. The molecule has 0 aliphatic carbocycles. The Hall–Kier alpha value is -1.57. The van der Waals surface area contributed by atoms with E-state index in [1.165, 1.54) is 11.5 Å². The largest absolute Gasteiger partial charge is 0.496 e. The smallest absolute Gasteiger partial charge is 0.128 e. The summed E-state index contributed by atoms with van der Waals surface area (Å²) in [5.74, 6) is 6.48. The van der Waals surface area contributed by atoms with Crippen LogP contribution in [0, 0.1) is 13.8 Å². The standard InChI is InChI=1S/C12H17N5OS/c1-7-5-14-9(8(2)12(7)18-3)4-10(16-13)11-6-15-17-19-11/h5-6,10,16H,4,13H2,1-3H3. The summed E-state index contributed by atoms with van der Waals surface area (Å²) in [5.41, 5.74) is 5.81. The molecule has 0 amide bonds. The number of methoxy groups -OCH3 is 1. The molecule has 0 fully saturated rings. The molecule has 0 spiro atoms. The Kier molecular flexibility index (Phi) is 4.41. The topological polar surface area (TPSA) is 86.0 Å². The Labute approximate surface area is 116 Å². The van der Waals surface area contributed by atoms with Gasteiger partial charge in [0, 0.05) is 29.4 Å². The van der Waals surface area contributed by atoms with E-state index in [2.05, 4.69) is 20.0 Å². The molecule has 2 rings (SSSR count). The maximum Gasteiger partial charge on any atom is 0.128 e. The van der Waals surface area contributed by atoms with Crippen LogP contribution in [-0.4, -0.2) is 21.7 Å². The van der Waals surface area contributed by atoms with Crippen molar-refractivity contribution in [1.82, 2.24) is 20.0 Å². The molecule has 0 aliphatic rings. The van der Waals surface area contributed by atoms with Crippen molar-refractivity contribution in [1.29, 1.82) is 0 Å². The summed E-state index contributed by atoms with van der Waals surface area (Å²) in [6.07, 6.45) is 4.21. The molecule has 6 nitrogen and oxygen atoms in total. The summed E-state index contributed by atoms with van der Waals surface area (Å²) in [5, 5.41) is 3.83. The third-order valence-corrected chi connectivity index (χ3v) is 3.85. The van der Waals surface area contributed by atoms with Crippen LogP contribution in [0.5, 0.6) is 5.75 Å². The normalized spacial score (nSPS) is 12.4. The maximum atomic E-state index is 5.60. The van der Waals surface area contributed by atoms with E-state index in [4.69, 9.17) is 10.6 Å². The molecule has 102 valence electrons. The van der Waals surface area contributed by atoms with Crippen molar-refractivity contribution in [2.75, 3.05) is 7.11 Å². The number of ether oxygens (including phenoxy) is 1. The first-order valence-corrected chi connectivity index (χ1v) is 6.67. The summed E-state index contributed by atoms with van der Waals surface area (Å²) in [7, 11) is 1.67. The van der Waals surface area contributed by atoms with E-state index in [9.17, 15) is 0 Å². The third kappa shape index (κ3) is 2.89. The molecule has 0 saturated heterocycles. The number of nitrogens with one attached hydrogen (secondary N) is 1. The molecule has 7 heteroatoms. The highest BCUT2D eigenvalue weighted by Crippen LogP contribution is 2.27. The fourth-order valence-electron chi connectivity index (χ4n) is 2.04. The van der Waals surface area contributed by atoms with Crippen LogP contribution in [-0.2, 0) is 6.42 Å². The predicted octanol–water partition coefficient (Wildman–Crippen LogP) is 1.31. The van der Waals surface area contributed by atoms with Crippen molar-refractivity contribution < 1.29 is 4.74 Å². The van der Waals surface area contributed by atoms with Gasteiger partial charge in [0.15, 0.2) is 0 Å². The minimum absolute atomic E-state index is 0.0430. The molecular weight excluding hydrogens is 262 g/mol. The van der Waals surface area contributed by atoms with Gasteiger partial charge in [0.1, 0.15) is 5.75 Å². The Morgan fingerprint density at radius 1 is 1.42 bits per heavy atom. The Bertz CT molecular complexity index is 543. The van der Waals surface area contributed by atoms with E-state index in [0.29, 0.717) is 6.42 Å². The van der Waals surface area contributed by atoms with Crippen molar-refractivity contribution >= 4 is 11.5 Å². The van der Waals surface area contributed by atoms with Crippen LogP contribution in [0.1, 0.15) is 27.7 Å². The first kappa shape index (κ1) is 13.9. The zero-order valence-corrected chi connectivity index (χ0v) is 12.0. The zero-order valence-electron chi connectivity index (χ0n) is 11.2. The van der Waals surface area contributed by atoms with Gasteiger partial charge in [-0.1, -0.05) is 4.49 Å². The van der Waals surface area contributed by atoms with E-state index in [1.807, 2.05) is 20.0 Å². The summed E-state index contributed by atoms with van der Waals surface area (Å²) in [6, 6.07) is -0.0430. The SMILES string of the molecule is COc1c(C)cnc(CC(NN)c2cnns2)c1C. The van der Waals surface area contributed by atoms with Gasteiger partial charge in [-0.3, -0.25) is 16.3 Å². The lowest BCUT2D eigenvalue weighted by molar-refractivity contribution is 0.406. The van der Waals surface area contributed by atoms with Gasteiger partial charge in [-0.15, -0.1) is 5.10 Å². The zero-order chi connectivity index (χ0) is 13.8. The maximum absolute atomic E-state index is 5.60. The molecule has 3 N–H and O–H groups in total. The number of hydrazine groups is 1. The highest BCUT2D eigenvalue weighted by molar-refractivity contribution is 7.05.